The summed E-state index contributed by atoms with van der Waals surface area (Å²) in [5.41, 5.74) is 1.71. The maximum Gasteiger partial charge on any atom is 0.251 e. The highest BCUT2D eigenvalue weighted by Gasteiger charge is 2.07. The second-order valence-electron chi connectivity index (χ2n) is 4.02. The van der Waals surface area contributed by atoms with E-state index in [1.165, 1.54) is 0 Å². The molecule has 1 rings (SSSR count). The molecule has 0 spiro atoms. The first kappa shape index (κ1) is 13.6. The Bertz CT molecular complexity index is 374. The number of hydrogen-bond acceptors (Lipinski definition) is 2. The molecule has 0 fully saturated rings. The standard InChI is InChI=1S/C14H21NO2/c1-4-6-9-15-14(16)12-8-7-11(3)13(10-12)17-5-2/h7-8,10H,4-6,9H2,1-3H3,(H,15,16). The van der Waals surface area contributed by atoms with Crippen molar-refractivity contribution in [3.8, 4) is 5.75 Å². The van der Waals surface area contributed by atoms with Crippen LogP contribution in [0, 0.1) is 6.92 Å². The van der Waals surface area contributed by atoms with Gasteiger partial charge in [-0.25, -0.2) is 0 Å². The molecule has 0 saturated heterocycles. The van der Waals surface area contributed by atoms with Crippen LogP contribution in [0.5, 0.6) is 5.75 Å². The number of aryl methyl sites for hydroxylation is 1. The normalized spacial score (nSPS) is 10.1. The second kappa shape index (κ2) is 6.94. The summed E-state index contributed by atoms with van der Waals surface area (Å²) in [5, 5.41) is 2.89. The topological polar surface area (TPSA) is 38.3 Å². The van der Waals surface area contributed by atoms with E-state index in [9.17, 15) is 4.79 Å². The van der Waals surface area contributed by atoms with Crippen LogP contribution in [0.4, 0.5) is 0 Å². The average Bonchev–Trinajstić information content (AvgIpc) is 2.32. The Morgan fingerprint density at radius 3 is 2.76 bits per heavy atom. The van der Waals surface area contributed by atoms with Crippen molar-refractivity contribution < 1.29 is 9.53 Å². The summed E-state index contributed by atoms with van der Waals surface area (Å²) >= 11 is 0. The van der Waals surface area contributed by atoms with Crippen LogP contribution in [0.1, 0.15) is 42.6 Å². The van der Waals surface area contributed by atoms with Gasteiger partial charge in [0.05, 0.1) is 6.61 Å². The van der Waals surface area contributed by atoms with E-state index in [0.29, 0.717) is 12.2 Å². The molecule has 0 aliphatic carbocycles. The van der Waals surface area contributed by atoms with Gasteiger partial charge in [0.1, 0.15) is 5.75 Å². The number of amides is 1. The lowest BCUT2D eigenvalue weighted by atomic mass is 10.1. The summed E-state index contributed by atoms with van der Waals surface area (Å²) in [6, 6.07) is 5.55. The van der Waals surface area contributed by atoms with Crippen molar-refractivity contribution in [2.75, 3.05) is 13.2 Å². The van der Waals surface area contributed by atoms with Gasteiger partial charge < -0.3 is 10.1 Å². The van der Waals surface area contributed by atoms with Gasteiger partial charge in [0.15, 0.2) is 0 Å². The highest BCUT2D eigenvalue weighted by molar-refractivity contribution is 5.94. The predicted molar refractivity (Wildman–Crippen MR) is 69.6 cm³/mol. The Kier molecular flexibility index (Phi) is 5.53. The van der Waals surface area contributed by atoms with Crippen LogP contribution in [-0.2, 0) is 0 Å². The molecule has 0 aliphatic rings. The minimum atomic E-state index is -0.0283. The third-order valence-electron chi connectivity index (χ3n) is 2.57. The van der Waals surface area contributed by atoms with Crippen molar-refractivity contribution in [3.05, 3.63) is 29.3 Å². The average molecular weight is 235 g/mol. The Hall–Kier alpha value is -1.51. The van der Waals surface area contributed by atoms with Gasteiger partial charge in [0.25, 0.3) is 5.91 Å². The molecule has 1 aromatic rings. The molecular formula is C14H21NO2. The third-order valence-corrected chi connectivity index (χ3v) is 2.57. The Balaban J connectivity index is 2.70. The van der Waals surface area contributed by atoms with Crippen molar-refractivity contribution >= 4 is 5.91 Å². The molecule has 0 unspecified atom stereocenters. The van der Waals surface area contributed by atoms with Crippen molar-refractivity contribution in [1.82, 2.24) is 5.32 Å². The van der Waals surface area contributed by atoms with E-state index in [0.717, 1.165) is 30.7 Å². The minimum Gasteiger partial charge on any atom is -0.494 e. The Labute approximate surface area is 103 Å². The van der Waals surface area contributed by atoms with E-state index in [2.05, 4.69) is 12.2 Å². The highest BCUT2D eigenvalue weighted by atomic mass is 16.5. The van der Waals surface area contributed by atoms with Gasteiger partial charge in [-0.15, -0.1) is 0 Å². The van der Waals surface area contributed by atoms with Gasteiger partial charge >= 0.3 is 0 Å². The maximum atomic E-state index is 11.8. The van der Waals surface area contributed by atoms with Crippen LogP contribution in [0.25, 0.3) is 0 Å². The molecule has 3 heteroatoms. The predicted octanol–water partition coefficient (Wildman–Crippen LogP) is 2.92. The second-order valence-corrected chi connectivity index (χ2v) is 4.02. The van der Waals surface area contributed by atoms with E-state index >= 15 is 0 Å². The first-order valence-corrected chi connectivity index (χ1v) is 6.20. The smallest absolute Gasteiger partial charge is 0.251 e. The van der Waals surface area contributed by atoms with Crippen molar-refractivity contribution in [1.29, 1.82) is 0 Å². The molecule has 0 aliphatic heterocycles. The Morgan fingerprint density at radius 1 is 1.35 bits per heavy atom. The van der Waals surface area contributed by atoms with Crippen LogP contribution in [0.15, 0.2) is 18.2 Å². The highest BCUT2D eigenvalue weighted by Crippen LogP contribution is 2.19. The molecule has 3 nitrogen and oxygen atoms in total. The summed E-state index contributed by atoms with van der Waals surface area (Å²) in [6.45, 7) is 7.36. The lowest BCUT2D eigenvalue weighted by molar-refractivity contribution is 0.0952. The fourth-order valence-electron chi connectivity index (χ4n) is 1.53. The van der Waals surface area contributed by atoms with E-state index in [1.807, 2.05) is 26.0 Å². The molecule has 17 heavy (non-hydrogen) atoms. The monoisotopic (exact) mass is 235 g/mol. The van der Waals surface area contributed by atoms with Crippen molar-refractivity contribution in [2.45, 2.75) is 33.6 Å². The molecule has 1 N–H and O–H groups in total. The van der Waals surface area contributed by atoms with Crippen molar-refractivity contribution in [3.63, 3.8) is 0 Å². The molecular weight excluding hydrogens is 214 g/mol. The number of carbonyl (C=O) groups excluding carboxylic acids is 1. The van der Waals surface area contributed by atoms with Crippen LogP contribution < -0.4 is 10.1 Å². The summed E-state index contributed by atoms with van der Waals surface area (Å²) in [4.78, 5) is 11.8. The zero-order valence-electron chi connectivity index (χ0n) is 10.9. The number of nitrogens with one attached hydrogen (secondary N) is 1. The largest absolute Gasteiger partial charge is 0.494 e. The van der Waals surface area contributed by atoms with Crippen LogP contribution in [-0.4, -0.2) is 19.1 Å². The number of rotatable bonds is 6. The maximum absolute atomic E-state index is 11.8. The molecule has 1 aromatic carbocycles. The number of benzene rings is 1. The molecule has 0 radical (unpaired) electrons. The SMILES string of the molecule is CCCCNC(=O)c1ccc(C)c(OCC)c1. The van der Waals surface area contributed by atoms with Crippen LogP contribution in [0.2, 0.25) is 0 Å². The molecule has 0 heterocycles. The number of ether oxygens (including phenoxy) is 1. The molecule has 0 bridgehead atoms. The summed E-state index contributed by atoms with van der Waals surface area (Å²) in [7, 11) is 0. The van der Waals surface area contributed by atoms with E-state index < -0.39 is 0 Å². The summed E-state index contributed by atoms with van der Waals surface area (Å²) in [5.74, 6) is 0.759. The summed E-state index contributed by atoms with van der Waals surface area (Å²) in [6.07, 6.45) is 2.09. The molecule has 0 saturated carbocycles. The number of unbranched alkanes of at least 4 members (excludes halogenated alkanes) is 1. The quantitative estimate of drug-likeness (QED) is 0.770. The molecule has 94 valence electrons. The first-order valence-electron chi connectivity index (χ1n) is 6.20. The Morgan fingerprint density at radius 2 is 2.12 bits per heavy atom. The van der Waals surface area contributed by atoms with Gasteiger partial charge in [0, 0.05) is 12.1 Å². The van der Waals surface area contributed by atoms with Crippen molar-refractivity contribution in [2.24, 2.45) is 0 Å². The summed E-state index contributed by atoms with van der Waals surface area (Å²) < 4.78 is 5.47. The lowest BCUT2D eigenvalue weighted by Crippen LogP contribution is -2.24. The van der Waals surface area contributed by atoms with Crippen LogP contribution >= 0.6 is 0 Å². The zero-order chi connectivity index (χ0) is 12.7. The zero-order valence-corrected chi connectivity index (χ0v) is 10.9. The van der Waals surface area contributed by atoms with Gasteiger partial charge in [-0.1, -0.05) is 19.4 Å². The van der Waals surface area contributed by atoms with Gasteiger partial charge in [-0.2, -0.15) is 0 Å². The van der Waals surface area contributed by atoms with Gasteiger partial charge in [0.2, 0.25) is 0 Å². The number of carbonyl (C=O) groups is 1. The molecule has 1 amide bonds. The van der Waals surface area contributed by atoms with E-state index in [4.69, 9.17) is 4.74 Å². The third kappa shape index (κ3) is 4.10. The lowest BCUT2D eigenvalue weighted by Gasteiger charge is -2.09. The van der Waals surface area contributed by atoms with E-state index in [-0.39, 0.29) is 5.91 Å². The molecule has 0 aromatic heterocycles. The number of hydrogen-bond donors (Lipinski definition) is 1. The molecule has 0 atom stereocenters. The first-order chi connectivity index (χ1) is 8.19. The van der Waals surface area contributed by atoms with E-state index in [1.54, 1.807) is 6.07 Å². The minimum absolute atomic E-state index is 0.0283. The fraction of sp³-hybridized carbons (Fsp3) is 0.500. The fourth-order valence-corrected chi connectivity index (χ4v) is 1.53. The van der Waals surface area contributed by atoms with Gasteiger partial charge in [-0.3, -0.25) is 4.79 Å². The van der Waals surface area contributed by atoms with Crippen LogP contribution in [0.3, 0.4) is 0 Å². The van der Waals surface area contributed by atoms with Gasteiger partial charge in [-0.05, 0) is 38.0 Å².